The molecule has 0 aromatic heterocycles. The van der Waals surface area contributed by atoms with Gasteiger partial charge in [-0.15, -0.1) is 0 Å². The average molecular weight is 513 g/mol. The Morgan fingerprint density at radius 1 is 0.767 bits per heavy atom. The summed E-state index contributed by atoms with van der Waals surface area (Å²) < 4.78 is 4.48. The van der Waals surface area contributed by atoms with Crippen molar-refractivity contribution in [2.75, 3.05) is 0 Å². The summed E-state index contributed by atoms with van der Waals surface area (Å²) >= 11 is -2.03. The normalized spacial score (nSPS) is 13.2. The molecule has 0 aliphatic rings. The SMILES string of the molecule is CC(C)(C)P(=[N-])(C(C)(C)C)C(C)(C)C.CC(C)c1cccc(C(C)C)c1[N]=[V]([Cl])[Cl]. The molecule has 0 amide bonds. The van der Waals surface area contributed by atoms with E-state index in [1.54, 1.807) is 0 Å². The summed E-state index contributed by atoms with van der Waals surface area (Å²) in [6.45, 7) is 28.1. The number of hydrogen-bond donors (Lipinski definition) is 0. The van der Waals surface area contributed by atoms with Gasteiger partial charge in [-0.3, -0.25) is 0 Å². The molecule has 0 fully saturated rings. The third kappa shape index (κ3) is 7.48. The van der Waals surface area contributed by atoms with Gasteiger partial charge in [0.05, 0.1) is 0 Å². The molecule has 0 bridgehead atoms. The van der Waals surface area contributed by atoms with E-state index >= 15 is 0 Å². The van der Waals surface area contributed by atoms with Gasteiger partial charge in [0.25, 0.3) is 0 Å². The van der Waals surface area contributed by atoms with E-state index in [1.807, 2.05) is 0 Å². The number of halogens is 2. The monoisotopic (exact) mass is 512 g/mol. The Morgan fingerprint density at radius 2 is 1.07 bits per heavy atom. The van der Waals surface area contributed by atoms with Gasteiger partial charge in [-0.1, -0.05) is 62.3 Å². The Bertz CT molecular complexity index is 707. The summed E-state index contributed by atoms with van der Waals surface area (Å²) in [6.07, 6.45) is 0. The third-order valence-electron chi connectivity index (χ3n) is 5.43. The van der Waals surface area contributed by atoms with Crippen molar-refractivity contribution in [3.8, 4) is 0 Å². The van der Waals surface area contributed by atoms with Crippen molar-refractivity contribution in [2.24, 2.45) is 3.79 Å². The number of nitrogens with zero attached hydrogens (tertiary/aromatic N) is 2. The summed E-state index contributed by atoms with van der Waals surface area (Å²) in [7, 11) is 9.80. The molecule has 0 spiro atoms. The molecule has 1 aromatic carbocycles. The van der Waals surface area contributed by atoms with Crippen molar-refractivity contribution in [3.63, 3.8) is 0 Å². The molecule has 0 saturated heterocycles. The molecule has 0 unspecified atom stereocenters. The summed E-state index contributed by atoms with van der Waals surface area (Å²) in [4.78, 5) is 0. The molecule has 175 valence electrons. The van der Waals surface area contributed by atoms with Crippen LogP contribution >= 0.6 is 26.8 Å². The quantitative estimate of drug-likeness (QED) is 0.360. The summed E-state index contributed by atoms with van der Waals surface area (Å²) in [5.41, 5.74) is 3.51. The topological polar surface area (TPSA) is 34.7 Å². The van der Waals surface area contributed by atoms with Crippen molar-refractivity contribution in [1.29, 1.82) is 0 Å². The van der Waals surface area contributed by atoms with Gasteiger partial charge in [-0.2, -0.15) is 0 Å². The van der Waals surface area contributed by atoms with Gasteiger partial charge < -0.3 is 5.16 Å². The van der Waals surface area contributed by atoms with Crippen LogP contribution in [0.4, 0.5) is 5.69 Å². The zero-order valence-corrected chi connectivity index (χ0v) is 25.2. The van der Waals surface area contributed by atoms with Crippen LogP contribution in [0.15, 0.2) is 22.0 Å². The molecule has 6 heteroatoms. The molecule has 1 rings (SSSR count). The van der Waals surface area contributed by atoms with Gasteiger partial charge in [0.15, 0.2) is 0 Å². The predicted molar refractivity (Wildman–Crippen MR) is 138 cm³/mol. The average Bonchev–Trinajstić information content (AvgIpc) is 2.50. The fourth-order valence-electron chi connectivity index (χ4n) is 4.72. The molecular weight excluding hydrogens is 469 g/mol. The van der Waals surface area contributed by atoms with Crippen molar-refractivity contribution < 1.29 is 13.1 Å². The third-order valence-corrected chi connectivity index (χ3v) is 12.4. The first-order chi connectivity index (χ1) is 13.2. The van der Waals surface area contributed by atoms with Gasteiger partial charge in [0, 0.05) is 0 Å². The fourth-order valence-corrected chi connectivity index (χ4v) is 12.0. The van der Waals surface area contributed by atoms with Crippen LogP contribution in [0.1, 0.15) is 113 Å². The number of benzene rings is 1. The van der Waals surface area contributed by atoms with Gasteiger partial charge in [0.1, 0.15) is 0 Å². The Hall–Kier alpha value is 0.414. The maximum absolute atomic E-state index is 11.1. The van der Waals surface area contributed by atoms with E-state index in [0.717, 1.165) is 5.69 Å². The second-order valence-corrected chi connectivity index (χ2v) is 21.2. The van der Waals surface area contributed by atoms with Gasteiger partial charge in [0.2, 0.25) is 0 Å². The minimum atomic E-state index is -2.03. The molecule has 2 nitrogen and oxygen atoms in total. The van der Waals surface area contributed by atoms with Crippen molar-refractivity contribution in [3.05, 3.63) is 34.5 Å². The molecular formula is C24H44Cl2N2PV-. The molecule has 30 heavy (non-hydrogen) atoms. The van der Waals surface area contributed by atoms with E-state index in [-0.39, 0.29) is 15.5 Å². The minimum absolute atomic E-state index is 0.0104. The van der Waals surface area contributed by atoms with Crippen LogP contribution in [0.5, 0.6) is 0 Å². The zero-order chi connectivity index (χ0) is 24.3. The van der Waals surface area contributed by atoms with Crippen LogP contribution in [0.25, 0.3) is 5.16 Å². The Balaban J connectivity index is 0.000000567. The van der Waals surface area contributed by atoms with Crippen LogP contribution < -0.4 is 0 Å². The van der Waals surface area contributed by atoms with E-state index in [9.17, 15) is 5.16 Å². The Morgan fingerprint density at radius 3 is 1.23 bits per heavy atom. The van der Waals surface area contributed by atoms with Crippen molar-refractivity contribution in [2.45, 2.75) is 117 Å². The van der Waals surface area contributed by atoms with Crippen LogP contribution in [-0.4, -0.2) is 15.5 Å². The molecule has 0 N–H and O–H groups in total. The van der Waals surface area contributed by atoms with Crippen LogP contribution in [0, 0.1) is 0 Å². The van der Waals surface area contributed by atoms with E-state index in [4.69, 9.17) is 19.7 Å². The molecule has 0 saturated carbocycles. The van der Waals surface area contributed by atoms with E-state index in [0.29, 0.717) is 11.8 Å². The first kappa shape index (κ1) is 30.4. The molecule has 0 radical (unpaired) electrons. The molecule has 0 aliphatic heterocycles. The van der Waals surface area contributed by atoms with Crippen molar-refractivity contribution in [1.82, 2.24) is 0 Å². The first-order valence-electron chi connectivity index (χ1n) is 10.8. The van der Waals surface area contributed by atoms with E-state index in [1.165, 1.54) is 11.1 Å². The van der Waals surface area contributed by atoms with Gasteiger partial charge >= 0.3 is 111 Å². The van der Waals surface area contributed by atoms with Crippen molar-refractivity contribution >= 4 is 32.4 Å². The Kier molecular flexibility index (Phi) is 11.2. The molecule has 0 atom stereocenters. The summed E-state index contributed by atoms with van der Waals surface area (Å²) in [5.74, 6) is 0.888. The molecule has 1 aromatic rings. The van der Waals surface area contributed by atoms with Gasteiger partial charge in [-0.05, 0) is 15.5 Å². The predicted octanol–water partition coefficient (Wildman–Crippen LogP) is 10.8. The van der Waals surface area contributed by atoms with Gasteiger partial charge in [-0.25, -0.2) is 7.05 Å². The first-order valence-corrected chi connectivity index (χ1v) is 17.0. The van der Waals surface area contributed by atoms with E-state index in [2.05, 4.69) is 112 Å². The number of hydrogen-bond acceptors (Lipinski definition) is 1. The molecule has 0 aliphatic carbocycles. The molecule has 0 heterocycles. The maximum atomic E-state index is 11.1. The van der Waals surface area contributed by atoms with Crippen LogP contribution in [0.2, 0.25) is 0 Å². The second kappa shape index (κ2) is 11.0. The zero-order valence-electron chi connectivity index (χ0n) is 21.4. The van der Waals surface area contributed by atoms with E-state index < -0.39 is 20.1 Å². The van der Waals surface area contributed by atoms with Crippen LogP contribution in [-0.2, 0) is 13.1 Å². The second-order valence-electron chi connectivity index (χ2n) is 11.6. The summed E-state index contributed by atoms with van der Waals surface area (Å²) in [5, 5.41) is 11.1. The number of rotatable bonds is 3. The Labute approximate surface area is 200 Å². The standard InChI is InChI=1S/C12H27NP.C12H17N.2ClH.V/c1-10(2,3)14(13,11(4,5)6)12(7,8)9;1-8(2)10-6-5-7-11(9(3)4)12(10)13;;;/h1-9H3;5-9H,1-4H3;2*1H;/q-1;;;;+2/p-2. The summed E-state index contributed by atoms with van der Waals surface area (Å²) in [6, 6.07) is 6.31. The van der Waals surface area contributed by atoms with Crippen LogP contribution in [0.3, 0.4) is 0 Å². The fraction of sp³-hybridized carbons (Fsp3) is 0.750.